The van der Waals surface area contributed by atoms with Gasteiger partial charge in [0.25, 0.3) is 0 Å². The van der Waals surface area contributed by atoms with E-state index in [-0.39, 0.29) is 12.4 Å². The molecule has 4 rings (SSSR count). The highest BCUT2D eigenvalue weighted by Crippen LogP contribution is 2.26. The van der Waals surface area contributed by atoms with E-state index in [9.17, 15) is 9.18 Å². The molecular formula is C25H21FN2O3. The Morgan fingerprint density at radius 3 is 2.45 bits per heavy atom. The van der Waals surface area contributed by atoms with Crippen molar-refractivity contribution in [3.8, 4) is 22.7 Å². The number of aromatic nitrogens is 2. The average molecular weight is 416 g/mol. The fraction of sp³-hybridized carbons (Fsp3) is 0.120. The molecule has 1 heterocycles. The highest BCUT2D eigenvalue weighted by molar-refractivity contribution is 5.96. The second kappa shape index (κ2) is 8.83. The molecule has 3 aromatic carbocycles. The quantitative estimate of drug-likeness (QED) is 0.398. The van der Waals surface area contributed by atoms with Crippen LogP contribution in [0.15, 0.2) is 79.0 Å². The number of ether oxygens (including phenoxy) is 2. The molecule has 0 saturated heterocycles. The zero-order valence-corrected chi connectivity index (χ0v) is 17.2. The van der Waals surface area contributed by atoms with Gasteiger partial charge in [-0.05, 0) is 36.8 Å². The van der Waals surface area contributed by atoms with E-state index in [1.165, 1.54) is 19.2 Å². The van der Waals surface area contributed by atoms with Crippen molar-refractivity contribution in [1.82, 2.24) is 9.78 Å². The van der Waals surface area contributed by atoms with Gasteiger partial charge in [-0.3, -0.25) is 0 Å². The SMILES string of the molecule is COc1ccc(COC(=O)c2cn(-c3ccccc3)nc2-c2ccc(C)cc2)cc1F. The smallest absolute Gasteiger partial charge is 0.342 e. The second-order valence-corrected chi connectivity index (χ2v) is 7.08. The van der Waals surface area contributed by atoms with Crippen LogP contribution >= 0.6 is 0 Å². The molecule has 6 heteroatoms. The van der Waals surface area contributed by atoms with Gasteiger partial charge >= 0.3 is 5.97 Å². The van der Waals surface area contributed by atoms with Crippen LogP contribution in [0.25, 0.3) is 16.9 Å². The Balaban J connectivity index is 1.64. The van der Waals surface area contributed by atoms with Crippen LogP contribution in [0.4, 0.5) is 4.39 Å². The Bertz CT molecular complexity index is 1200. The second-order valence-electron chi connectivity index (χ2n) is 7.08. The third-order valence-electron chi connectivity index (χ3n) is 4.87. The molecule has 4 aromatic rings. The highest BCUT2D eigenvalue weighted by Gasteiger charge is 2.20. The Hall–Kier alpha value is -3.93. The van der Waals surface area contributed by atoms with Gasteiger partial charge in [-0.2, -0.15) is 5.10 Å². The number of aryl methyl sites for hydroxylation is 1. The Kier molecular flexibility index (Phi) is 5.80. The first-order valence-corrected chi connectivity index (χ1v) is 9.77. The molecule has 0 aliphatic rings. The molecule has 0 fully saturated rings. The van der Waals surface area contributed by atoms with E-state index in [4.69, 9.17) is 9.47 Å². The van der Waals surface area contributed by atoms with Crippen molar-refractivity contribution in [2.24, 2.45) is 0 Å². The van der Waals surface area contributed by atoms with Crippen LogP contribution in [-0.2, 0) is 11.3 Å². The third-order valence-corrected chi connectivity index (χ3v) is 4.87. The summed E-state index contributed by atoms with van der Waals surface area (Å²) in [6, 6.07) is 21.7. The van der Waals surface area contributed by atoms with Crippen molar-refractivity contribution in [2.45, 2.75) is 13.5 Å². The molecule has 156 valence electrons. The van der Waals surface area contributed by atoms with Crippen molar-refractivity contribution in [3.63, 3.8) is 0 Å². The first kappa shape index (κ1) is 20.3. The minimum absolute atomic E-state index is 0.0659. The van der Waals surface area contributed by atoms with Crippen molar-refractivity contribution in [1.29, 1.82) is 0 Å². The summed E-state index contributed by atoms with van der Waals surface area (Å²) in [6.07, 6.45) is 1.65. The summed E-state index contributed by atoms with van der Waals surface area (Å²) in [6.45, 7) is 1.93. The molecule has 1 aromatic heterocycles. The molecule has 0 aliphatic heterocycles. The molecule has 0 amide bonds. The lowest BCUT2D eigenvalue weighted by Crippen LogP contribution is -2.06. The lowest BCUT2D eigenvalue weighted by atomic mass is 10.1. The van der Waals surface area contributed by atoms with E-state index in [2.05, 4.69) is 5.10 Å². The number of para-hydroxylation sites is 1. The number of rotatable bonds is 6. The van der Waals surface area contributed by atoms with Crippen LogP contribution in [-0.4, -0.2) is 22.9 Å². The molecule has 0 unspecified atom stereocenters. The van der Waals surface area contributed by atoms with Crippen molar-refractivity contribution >= 4 is 5.97 Å². The lowest BCUT2D eigenvalue weighted by Gasteiger charge is -2.07. The maximum Gasteiger partial charge on any atom is 0.342 e. The van der Waals surface area contributed by atoms with Gasteiger partial charge in [-0.25, -0.2) is 13.9 Å². The molecule has 0 N–H and O–H groups in total. The summed E-state index contributed by atoms with van der Waals surface area (Å²) in [5.41, 5.74) is 4.13. The number of halogens is 1. The summed E-state index contributed by atoms with van der Waals surface area (Å²) < 4.78 is 26.0. The molecular weight excluding hydrogens is 395 g/mol. The molecule has 0 aliphatic carbocycles. The van der Waals surface area contributed by atoms with Crippen molar-refractivity contribution in [2.75, 3.05) is 7.11 Å². The molecule has 0 bridgehead atoms. The van der Waals surface area contributed by atoms with Crippen LogP contribution in [0.5, 0.6) is 5.75 Å². The maximum absolute atomic E-state index is 13.9. The van der Waals surface area contributed by atoms with Crippen LogP contribution < -0.4 is 4.74 Å². The van der Waals surface area contributed by atoms with E-state index in [0.29, 0.717) is 16.8 Å². The van der Waals surface area contributed by atoms with Gasteiger partial charge in [0, 0.05) is 11.8 Å². The van der Waals surface area contributed by atoms with E-state index in [1.54, 1.807) is 16.9 Å². The van der Waals surface area contributed by atoms with Gasteiger partial charge in [0.05, 0.1) is 12.8 Å². The number of carbonyl (C=O) groups is 1. The third kappa shape index (κ3) is 4.48. The Morgan fingerprint density at radius 1 is 1.03 bits per heavy atom. The van der Waals surface area contributed by atoms with Crippen LogP contribution in [0.3, 0.4) is 0 Å². The lowest BCUT2D eigenvalue weighted by molar-refractivity contribution is 0.0473. The van der Waals surface area contributed by atoms with Crippen LogP contribution in [0, 0.1) is 12.7 Å². The van der Waals surface area contributed by atoms with E-state index in [0.717, 1.165) is 16.8 Å². The highest BCUT2D eigenvalue weighted by atomic mass is 19.1. The molecule has 0 radical (unpaired) electrons. The van der Waals surface area contributed by atoms with Crippen LogP contribution in [0.2, 0.25) is 0 Å². The maximum atomic E-state index is 13.9. The standard InChI is InChI=1S/C25H21FN2O3/c1-17-8-11-19(12-9-17)24-21(15-28(27-24)20-6-4-3-5-7-20)25(29)31-16-18-10-13-23(30-2)22(26)14-18/h3-15H,16H2,1-2H3. The van der Waals surface area contributed by atoms with E-state index < -0.39 is 11.8 Å². The Labute approximate surface area is 179 Å². The predicted molar refractivity (Wildman–Crippen MR) is 116 cm³/mol. The molecule has 5 nitrogen and oxygen atoms in total. The number of esters is 1. The van der Waals surface area contributed by atoms with Crippen molar-refractivity contribution < 1.29 is 18.7 Å². The monoisotopic (exact) mass is 416 g/mol. The number of hydrogen-bond donors (Lipinski definition) is 0. The fourth-order valence-electron chi connectivity index (χ4n) is 3.19. The van der Waals surface area contributed by atoms with E-state index in [1.807, 2.05) is 61.5 Å². The summed E-state index contributed by atoms with van der Waals surface area (Å²) in [5.74, 6) is -0.900. The number of methoxy groups -OCH3 is 1. The number of hydrogen-bond acceptors (Lipinski definition) is 4. The minimum atomic E-state index is -0.533. The van der Waals surface area contributed by atoms with Crippen LogP contribution in [0.1, 0.15) is 21.5 Å². The number of benzene rings is 3. The predicted octanol–water partition coefficient (Wildman–Crippen LogP) is 5.35. The van der Waals surface area contributed by atoms with Crippen molar-refractivity contribution in [3.05, 3.63) is 102 Å². The van der Waals surface area contributed by atoms with Gasteiger partial charge in [-0.15, -0.1) is 0 Å². The Morgan fingerprint density at radius 2 is 1.77 bits per heavy atom. The molecule has 0 spiro atoms. The molecule has 0 saturated carbocycles. The molecule has 0 atom stereocenters. The average Bonchev–Trinajstić information content (AvgIpc) is 3.24. The van der Waals surface area contributed by atoms with Gasteiger partial charge in [-0.1, -0.05) is 54.1 Å². The van der Waals surface area contributed by atoms with Gasteiger partial charge in [0.15, 0.2) is 11.6 Å². The first-order chi connectivity index (χ1) is 15.0. The topological polar surface area (TPSA) is 53.4 Å². The van der Waals surface area contributed by atoms with Gasteiger partial charge in [0.2, 0.25) is 0 Å². The summed E-state index contributed by atoms with van der Waals surface area (Å²) in [4.78, 5) is 12.9. The normalized spacial score (nSPS) is 10.7. The van der Waals surface area contributed by atoms with E-state index >= 15 is 0 Å². The zero-order valence-electron chi connectivity index (χ0n) is 17.2. The summed E-state index contributed by atoms with van der Waals surface area (Å²) >= 11 is 0. The zero-order chi connectivity index (χ0) is 21.8. The fourth-order valence-corrected chi connectivity index (χ4v) is 3.19. The number of nitrogens with zero attached hydrogens (tertiary/aromatic N) is 2. The number of carbonyl (C=O) groups excluding carboxylic acids is 1. The van der Waals surface area contributed by atoms with Gasteiger partial charge < -0.3 is 9.47 Å². The first-order valence-electron chi connectivity index (χ1n) is 9.77. The summed E-state index contributed by atoms with van der Waals surface area (Å²) in [7, 11) is 1.40. The summed E-state index contributed by atoms with van der Waals surface area (Å²) in [5, 5.41) is 4.63. The largest absolute Gasteiger partial charge is 0.494 e. The minimum Gasteiger partial charge on any atom is -0.494 e. The molecule has 31 heavy (non-hydrogen) atoms. The van der Waals surface area contributed by atoms with Gasteiger partial charge in [0.1, 0.15) is 17.9 Å².